The van der Waals surface area contributed by atoms with Gasteiger partial charge in [-0.25, -0.2) is 4.98 Å². The first kappa shape index (κ1) is 16.1. The second-order valence-electron chi connectivity index (χ2n) is 6.79. The summed E-state index contributed by atoms with van der Waals surface area (Å²) in [7, 11) is 0. The largest absolute Gasteiger partial charge is 0.433 e. The molecule has 0 radical (unpaired) electrons. The van der Waals surface area contributed by atoms with Crippen molar-refractivity contribution in [3.8, 4) is 0 Å². The summed E-state index contributed by atoms with van der Waals surface area (Å²) in [6, 6.07) is 4.00. The van der Waals surface area contributed by atoms with Gasteiger partial charge in [0, 0.05) is 31.5 Å². The maximum absolute atomic E-state index is 12.8. The second kappa shape index (κ2) is 5.39. The van der Waals surface area contributed by atoms with Gasteiger partial charge >= 0.3 is 6.18 Å². The summed E-state index contributed by atoms with van der Waals surface area (Å²) >= 11 is 0. The topological polar surface area (TPSA) is 45.2 Å². The van der Waals surface area contributed by atoms with Gasteiger partial charge in [-0.1, -0.05) is 6.07 Å². The number of nitrogens with zero attached hydrogens (tertiary/aromatic N) is 2. The summed E-state index contributed by atoms with van der Waals surface area (Å²) in [6.07, 6.45) is -2.56. The van der Waals surface area contributed by atoms with E-state index in [1.54, 1.807) is 6.07 Å². The van der Waals surface area contributed by atoms with E-state index < -0.39 is 11.9 Å². The van der Waals surface area contributed by atoms with Crippen LogP contribution in [-0.2, 0) is 11.0 Å². The Bertz CT molecular complexity index is 619. The first-order valence-electron chi connectivity index (χ1n) is 7.77. The molecule has 3 rings (SSSR count). The van der Waals surface area contributed by atoms with Gasteiger partial charge in [0.15, 0.2) is 0 Å². The fourth-order valence-corrected chi connectivity index (χ4v) is 4.06. The molecule has 1 aromatic heterocycles. The number of amides is 1. The highest BCUT2D eigenvalue weighted by Crippen LogP contribution is 2.45. The van der Waals surface area contributed by atoms with Crippen molar-refractivity contribution in [2.75, 3.05) is 18.0 Å². The van der Waals surface area contributed by atoms with E-state index in [-0.39, 0.29) is 17.4 Å². The van der Waals surface area contributed by atoms with E-state index in [2.05, 4.69) is 10.3 Å². The van der Waals surface area contributed by atoms with Crippen LogP contribution in [0.5, 0.6) is 0 Å². The number of carbonyl (C=O) groups excluding carboxylic acids is 1. The van der Waals surface area contributed by atoms with Crippen LogP contribution in [0.15, 0.2) is 18.2 Å². The number of pyridine rings is 1. The Balaban J connectivity index is 1.79. The molecular weight excluding hydrogens is 307 g/mol. The van der Waals surface area contributed by atoms with E-state index >= 15 is 0 Å². The summed E-state index contributed by atoms with van der Waals surface area (Å²) in [4.78, 5) is 17.1. The molecule has 126 valence electrons. The Morgan fingerprint density at radius 1 is 1.39 bits per heavy atom. The Morgan fingerprint density at radius 2 is 2.13 bits per heavy atom. The zero-order valence-corrected chi connectivity index (χ0v) is 13.2. The van der Waals surface area contributed by atoms with Gasteiger partial charge in [0.2, 0.25) is 5.91 Å². The molecule has 4 nitrogen and oxygen atoms in total. The maximum Gasteiger partial charge on any atom is 0.433 e. The van der Waals surface area contributed by atoms with Gasteiger partial charge in [0.05, 0.1) is 0 Å². The molecule has 1 aromatic rings. The van der Waals surface area contributed by atoms with Crippen molar-refractivity contribution in [1.29, 1.82) is 0 Å². The highest BCUT2D eigenvalue weighted by molar-refractivity contribution is 5.74. The molecule has 1 saturated heterocycles. The molecule has 1 aliphatic heterocycles. The van der Waals surface area contributed by atoms with Crippen LogP contribution in [0.3, 0.4) is 0 Å². The van der Waals surface area contributed by atoms with Crippen LogP contribution in [-0.4, -0.2) is 29.5 Å². The Hall–Kier alpha value is -1.79. The summed E-state index contributed by atoms with van der Waals surface area (Å²) in [5.41, 5.74) is -1.15. The molecule has 1 amide bonds. The van der Waals surface area contributed by atoms with E-state index in [0.717, 1.165) is 18.9 Å². The summed E-state index contributed by atoms with van der Waals surface area (Å²) in [6.45, 7) is 4.84. The number of halogens is 3. The molecule has 3 atom stereocenters. The average molecular weight is 327 g/mol. The van der Waals surface area contributed by atoms with Crippen molar-refractivity contribution in [1.82, 2.24) is 10.3 Å². The van der Waals surface area contributed by atoms with Crippen LogP contribution in [0.1, 0.15) is 32.4 Å². The summed E-state index contributed by atoms with van der Waals surface area (Å²) in [5.74, 6) is 0.911. The van der Waals surface area contributed by atoms with Crippen molar-refractivity contribution < 1.29 is 18.0 Å². The van der Waals surface area contributed by atoms with E-state index in [4.69, 9.17) is 0 Å². The predicted octanol–water partition coefficient (Wildman–Crippen LogP) is 2.84. The molecule has 2 fully saturated rings. The Morgan fingerprint density at radius 3 is 2.78 bits per heavy atom. The molecule has 0 bridgehead atoms. The number of rotatable bonds is 2. The normalized spacial score (nSPS) is 30.4. The molecule has 1 N–H and O–H groups in total. The van der Waals surface area contributed by atoms with Crippen molar-refractivity contribution in [2.45, 2.75) is 38.4 Å². The van der Waals surface area contributed by atoms with E-state index in [1.165, 1.54) is 13.0 Å². The first-order chi connectivity index (χ1) is 10.7. The number of carbonyl (C=O) groups is 1. The van der Waals surface area contributed by atoms with Gasteiger partial charge in [-0.05, 0) is 37.8 Å². The van der Waals surface area contributed by atoms with Crippen LogP contribution < -0.4 is 10.2 Å². The summed E-state index contributed by atoms with van der Waals surface area (Å²) in [5, 5.41) is 3.03. The minimum atomic E-state index is -4.43. The zero-order valence-electron chi connectivity index (χ0n) is 13.2. The highest BCUT2D eigenvalue weighted by Gasteiger charge is 2.50. The van der Waals surface area contributed by atoms with Gasteiger partial charge in [0.25, 0.3) is 0 Å². The molecule has 7 heteroatoms. The lowest BCUT2D eigenvalue weighted by Crippen LogP contribution is -2.49. The smallest absolute Gasteiger partial charge is 0.356 e. The fourth-order valence-electron chi connectivity index (χ4n) is 4.06. The molecule has 0 spiro atoms. The number of hydrogen-bond donors (Lipinski definition) is 1. The minimum absolute atomic E-state index is 0.0659. The molecule has 3 unspecified atom stereocenters. The van der Waals surface area contributed by atoms with Crippen LogP contribution in [0.2, 0.25) is 0 Å². The van der Waals surface area contributed by atoms with Gasteiger partial charge in [0.1, 0.15) is 11.5 Å². The van der Waals surface area contributed by atoms with Crippen LogP contribution in [0.25, 0.3) is 0 Å². The number of aromatic nitrogens is 1. The average Bonchev–Trinajstić information content (AvgIpc) is 2.99. The first-order valence-corrected chi connectivity index (χ1v) is 7.77. The number of fused-ring (bicyclic) bond motifs is 1. The maximum atomic E-state index is 12.8. The number of nitrogens with one attached hydrogen (secondary N) is 1. The van der Waals surface area contributed by atoms with Gasteiger partial charge < -0.3 is 10.2 Å². The molecule has 2 aliphatic rings. The third-order valence-electron chi connectivity index (χ3n) is 5.10. The van der Waals surface area contributed by atoms with Crippen LogP contribution in [0.4, 0.5) is 19.0 Å². The SMILES string of the molecule is CC(=O)NC1(C)CCC2CN(c3cccc(C(F)(F)F)n3)CC21. The molecule has 23 heavy (non-hydrogen) atoms. The van der Waals surface area contributed by atoms with Crippen LogP contribution >= 0.6 is 0 Å². The second-order valence-corrected chi connectivity index (χ2v) is 6.79. The van der Waals surface area contributed by atoms with Gasteiger partial charge in [-0.15, -0.1) is 0 Å². The molecular formula is C16H20F3N3O. The van der Waals surface area contributed by atoms with Crippen LogP contribution in [0, 0.1) is 11.8 Å². The Kier molecular flexibility index (Phi) is 3.77. The fraction of sp³-hybridized carbons (Fsp3) is 0.625. The zero-order chi connectivity index (χ0) is 16.8. The quantitative estimate of drug-likeness (QED) is 0.908. The Labute approximate surface area is 133 Å². The number of hydrogen-bond acceptors (Lipinski definition) is 3. The van der Waals surface area contributed by atoms with Gasteiger partial charge in [-0.2, -0.15) is 13.2 Å². The molecule has 2 heterocycles. The van der Waals surface area contributed by atoms with E-state index in [0.29, 0.717) is 24.8 Å². The third-order valence-corrected chi connectivity index (χ3v) is 5.10. The van der Waals surface area contributed by atoms with Crippen molar-refractivity contribution in [3.05, 3.63) is 23.9 Å². The predicted molar refractivity (Wildman–Crippen MR) is 79.9 cm³/mol. The van der Waals surface area contributed by atoms with Crippen molar-refractivity contribution in [2.24, 2.45) is 11.8 Å². The summed E-state index contributed by atoms with van der Waals surface area (Å²) < 4.78 is 38.5. The minimum Gasteiger partial charge on any atom is -0.356 e. The van der Waals surface area contributed by atoms with E-state index in [1.807, 2.05) is 11.8 Å². The molecule has 1 aliphatic carbocycles. The number of alkyl halides is 3. The lowest BCUT2D eigenvalue weighted by Gasteiger charge is -2.32. The van der Waals surface area contributed by atoms with Crippen molar-refractivity contribution in [3.63, 3.8) is 0 Å². The standard InChI is InChI=1S/C16H20F3N3O/c1-10(23)21-15(2)7-6-11-8-22(9-12(11)15)14-5-3-4-13(20-14)16(17,18)19/h3-5,11-12H,6-9H2,1-2H3,(H,21,23). The van der Waals surface area contributed by atoms with E-state index in [9.17, 15) is 18.0 Å². The third kappa shape index (κ3) is 3.01. The van der Waals surface area contributed by atoms with Gasteiger partial charge in [-0.3, -0.25) is 4.79 Å². The lowest BCUT2D eigenvalue weighted by atomic mass is 9.86. The highest BCUT2D eigenvalue weighted by atomic mass is 19.4. The van der Waals surface area contributed by atoms with Crippen molar-refractivity contribution >= 4 is 11.7 Å². The monoisotopic (exact) mass is 327 g/mol. The lowest BCUT2D eigenvalue weighted by molar-refractivity contribution is -0.141. The number of anilines is 1. The molecule has 1 saturated carbocycles. The molecule has 0 aromatic carbocycles.